The lowest BCUT2D eigenvalue weighted by molar-refractivity contribution is -0.152. The monoisotopic (exact) mass is 260 g/mol. The molecule has 0 aliphatic carbocycles. The summed E-state index contributed by atoms with van der Waals surface area (Å²) in [6.07, 6.45) is 0.177. The average molecular weight is 260 g/mol. The second-order valence-corrected chi connectivity index (χ2v) is 10.7. The number of ether oxygens (including phenoxy) is 2. The van der Waals surface area contributed by atoms with E-state index in [1.54, 1.807) is 7.11 Å². The number of hydrogen-bond donors (Lipinski definition) is 0. The molecule has 100 valence electrons. The van der Waals surface area contributed by atoms with Crippen LogP contribution >= 0.6 is 0 Å². The van der Waals surface area contributed by atoms with E-state index in [0.29, 0.717) is 13.0 Å². The van der Waals surface area contributed by atoms with Crippen LogP contribution in [0.3, 0.4) is 0 Å². The molecule has 17 heavy (non-hydrogen) atoms. The number of methoxy groups -OCH3 is 1. The average Bonchev–Trinajstić information content (AvgIpc) is 2.60. The van der Waals surface area contributed by atoms with Crippen molar-refractivity contribution in [1.29, 1.82) is 0 Å². The number of carbonyl (C=O) groups excluding carboxylic acids is 1. The van der Waals surface area contributed by atoms with Crippen LogP contribution in [0.25, 0.3) is 0 Å². The van der Waals surface area contributed by atoms with Crippen molar-refractivity contribution >= 4 is 14.3 Å². The Hall–Kier alpha value is -0.393. The fourth-order valence-corrected chi connectivity index (χ4v) is 3.05. The molecule has 5 heteroatoms. The van der Waals surface area contributed by atoms with Crippen LogP contribution in [0.15, 0.2) is 0 Å². The lowest BCUT2D eigenvalue weighted by atomic mass is 9.77. The summed E-state index contributed by atoms with van der Waals surface area (Å²) in [5, 5.41) is 0. The largest absolute Gasteiger partial charge is 0.465 e. The molecule has 0 radical (unpaired) electrons. The first-order valence-electron chi connectivity index (χ1n) is 6.03. The van der Waals surface area contributed by atoms with Crippen molar-refractivity contribution in [3.8, 4) is 0 Å². The van der Waals surface area contributed by atoms with Gasteiger partial charge in [0.05, 0.1) is 13.0 Å². The summed E-state index contributed by atoms with van der Waals surface area (Å²) in [6, 6.07) is 0. The zero-order chi connectivity index (χ0) is 13.3. The Kier molecular flexibility index (Phi) is 4.38. The molecule has 1 rings (SSSR count). The fourth-order valence-electron chi connectivity index (χ4n) is 2.01. The molecule has 0 saturated carbocycles. The molecule has 1 fully saturated rings. The van der Waals surface area contributed by atoms with E-state index in [4.69, 9.17) is 13.9 Å². The van der Waals surface area contributed by atoms with E-state index in [0.717, 1.165) is 0 Å². The Labute approximate surface area is 105 Å². The van der Waals surface area contributed by atoms with Gasteiger partial charge in [0.2, 0.25) is 0 Å². The van der Waals surface area contributed by atoms with Crippen molar-refractivity contribution in [2.24, 2.45) is 11.3 Å². The minimum Gasteiger partial charge on any atom is -0.465 e. The molecule has 0 N–H and O–H groups in total. The Morgan fingerprint density at radius 3 is 2.35 bits per heavy atom. The summed E-state index contributed by atoms with van der Waals surface area (Å²) in [5.41, 5.74) is -0.221. The van der Waals surface area contributed by atoms with Crippen molar-refractivity contribution in [3.05, 3.63) is 0 Å². The van der Waals surface area contributed by atoms with Crippen LogP contribution in [0.4, 0.5) is 0 Å². The van der Waals surface area contributed by atoms with Gasteiger partial charge in [-0.05, 0) is 19.6 Å². The molecule has 0 aromatic carbocycles. The van der Waals surface area contributed by atoms with Gasteiger partial charge < -0.3 is 13.9 Å². The maximum absolute atomic E-state index is 11.2. The molecule has 0 aromatic heterocycles. The van der Waals surface area contributed by atoms with Crippen LogP contribution in [0, 0.1) is 11.3 Å². The van der Waals surface area contributed by atoms with E-state index < -0.39 is 8.32 Å². The van der Waals surface area contributed by atoms with Gasteiger partial charge in [-0.1, -0.05) is 13.8 Å². The van der Waals surface area contributed by atoms with Crippen LogP contribution in [0.5, 0.6) is 0 Å². The topological polar surface area (TPSA) is 44.8 Å². The lowest BCUT2D eigenvalue weighted by Gasteiger charge is -2.39. The molecule has 0 spiro atoms. The predicted molar refractivity (Wildman–Crippen MR) is 68.1 cm³/mol. The quantitative estimate of drug-likeness (QED) is 0.432. The third-order valence-corrected chi connectivity index (χ3v) is 4.11. The van der Waals surface area contributed by atoms with Gasteiger partial charge in [-0.15, -0.1) is 0 Å². The number of esters is 1. The van der Waals surface area contributed by atoms with E-state index in [1.807, 2.05) is 0 Å². The van der Waals surface area contributed by atoms with E-state index in [9.17, 15) is 4.79 Å². The fraction of sp³-hybridized carbons (Fsp3) is 0.917. The maximum atomic E-state index is 11.2. The number of carbonyl (C=O) groups is 1. The van der Waals surface area contributed by atoms with Crippen molar-refractivity contribution in [2.75, 3.05) is 13.7 Å². The van der Waals surface area contributed by atoms with Crippen LogP contribution < -0.4 is 0 Å². The molecule has 1 heterocycles. The highest BCUT2D eigenvalue weighted by atomic mass is 28.4. The first-order chi connectivity index (χ1) is 7.66. The Morgan fingerprint density at radius 1 is 1.41 bits per heavy atom. The van der Waals surface area contributed by atoms with Gasteiger partial charge in [0.15, 0.2) is 14.6 Å². The smallest absolute Gasteiger partial charge is 0.306 e. The van der Waals surface area contributed by atoms with Crippen molar-refractivity contribution in [1.82, 2.24) is 0 Å². The van der Waals surface area contributed by atoms with Gasteiger partial charge in [0, 0.05) is 18.4 Å². The summed E-state index contributed by atoms with van der Waals surface area (Å²) in [7, 11) is -0.0128. The van der Waals surface area contributed by atoms with Crippen LogP contribution in [0.2, 0.25) is 19.6 Å². The van der Waals surface area contributed by atoms with Gasteiger partial charge in [-0.3, -0.25) is 4.79 Å². The second kappa shape index (κ2) is 5.08. The number of hydrogen-bond acceptors (Lipinski definition) is 4. The molecule has 2 atom stereocenters. The first-order valence-corrected chi connectivity index (χ1v) is 9.44. The minimum absolute atomic E-state index is 0.120. The lowest BCUT2D eigenvalue weighted by Crippen LogP contribution is -2.45. The molecule has 1 aliphatic heterocycles. The minimum atomic E-state index is -1.67. The first kappa shape index (κ1) is 14.7. The van der Waals surface area contributed by atoms with E-state index in [2.05, 4.69) is 33.5 Å². The zero-order valence-electron chi connectivity index (χ0n) is 11.7. The van der Waals surface area contributed by atoms with Gasteiger partial charge in [-0.2, -0.15) is 0 Å². The summed E-state index contributed by atoms with van der Waals surface area (Å²) in [4.78, 5) is 11.2. The predicted octanol–water partition coefficient (Wildman–Crippen LogP) is 2.40. The van der Waals surface area contributed by atoms with Crippen LogP contribution in [-0.2, 0) is 18.7 Å². The SMILES string of the molecule is COC(O[Si](C)(C)C)C(C)(C)C1COC(=O)C1. The maximum Gasteiger partial charge on any atom is 0.306 e. The normalized spacial score (nSPS) is 23.6. The second-order valence-electron chi connectivity index (χ2n) is 6.20. The standard InChI is InChI=1S/C12H24O4Si/c1-12(2,9-7-10(13)15-8-9)11(14-3)16-17(4,5)6/h9,11H,7-8H2,1-6H3. The summed E-state index contributed by atoms with van der Waals surface area (Å²) in [5.74, 6) is 0.0437. The molecule has 0 aromatic rings. The number of rotatable bonds is 5. The van der Waals surface area contributed by atoms with E-state index >= 15 is 0 Å². The molecule has 1 aliphatic rings. The number of cyclic esters (lactones) is 1. The Bertz CT molecular complexity index is 283. The van der Waals surface area contributed by atoms with Crippen LogP contribution in [-0.4, -0.2) is 34.3 Å². The van der Waals surface area contributed by atoms with Crippen molar-refractivity contribution in [2.45, 2.75) is 46.2 Å². The molecule has 0 amide bonds. The van der Waals surface area contributed by atoms with E-state index in [1.165, 1.54) is 0 Å². The van der Waals surface area contributed by atoms with Gasteiger partial charge in [0.1, 0.15) is 0 Å². The Morgan fingerprint density at radius 2 is 2.00 bits per heavy atom. The molecule has 4 nitrogen and oxygen atoms in total. The molecule has 1 saturated heterocycles. The highest BCUT2D eigenvalue weighted by Gasteiger charge is 2.44. The molecule has 2 unspecified atom stereocenters. The van der Waals surface area contributed by atoms with Crippen molar-refractivity contribution in [3.63, 3.8) is 0 Å². The summed E-state index contributed by atoms with van der Waals surface area (Å²) in [6.45, 7) is 11.0. The van der Waals surface area contributed by atoms with Gasteiger partial charge in [-0.25, -0.2) is 0 Å². The third-order valence-electron chi connectivity index (χ3n) is 3.19. The summed E-state index contributed by atoms with van der Waals surface area (Å²) >= 11 is 0. The van der Waals surface area contributed by atoms with Gasteiger partial charge >= 0.3 is 5.97 Å². The molecular formula is C12H24O4Si. The highest BCUT2D eigenvalue weighted by Crippen LogP contribution is 2.39. The van der Waals surface area contributed by atoms with Crippen molar-refractivity contribution < 1.29 is 18.7 Å². The molecular weight excluding hydrogens is 236 g/mol. The highest BCUT2D eigenvalue weighted by molar-refractivity contribution is 6.69. The van der Waals surface area contributed by atoms with Crippen LogP contribution in [0.1, 0.15) is 20.3 Å². The van der Waals surface area contributed by atoms with E-state index in [-0.39, 0.29) is 23.6 Å². The zero-order valence-corrected chi connectivity index (χ0v) is 12.7. The van der Waals surface area contributed by atoms with Gasteiger partial charge in [0.25, 0.3) is 0 Å². The molecule has 0 bridgehead atoms. The Balaban J connectivity index is 2.75. The summed E-state index contributed by atoms with van der Waals surface area (Å²) < 4.78 is 16.6. The third kappa shape index (κ3) is 3.79.